The SMILES string of the molecule is CCC(=O)N[C@H]1CC[C@@H](n2nncc2-c2ccc(-c3ccc4c(c3)NC(=O)C4)cc2)C1. The molecule has 3 aromatic rings. The van der Waals surface area contributed by atoms with Crippen molar-refractivity contribution >= 4 is 17.5 Å². The van der Waals surface area contributed by atoms with Gasteiger partial charge in [0.1, 0.15) is 0 Å². The summed E-state index contributed by atoms with van der Waals surface area (Å²) >= 11 is 0. The topological polar surface area (TPSA) is 88.9 Å². The molecule has 5 rings (SSSR count). The third-order valence-corrected chi connectivity index (χ3v) is 6.26. The molecule has 2 aromatic carbocycles. The van der Waals surface area contributed by atoms with Crippen molar-refractivity contribution in [1.82, 2.24) is 20.3 Å². The average Bonchev–Trinajstić information content (AvgIpc) is 3.51. The van der Waals surface area contributed by atoms with E-state index in [1.165, 1.54) is 0 Å². The maximum atomic E-state index is 11.7. The molecule has 0 spiro atoms. The van der Waals surface area contributed by atoms with Crippen molar-refractivity contribution in [3.63, 3.8) is 0 Å². The zero-order chi connectivity index (χ0) is 21.4. The number of nitrogens with zero attached hydrogens (tertiary/aromatic N) is 3. The van der Waals surface area contributed by atoms with Crippen LogP contribution in [0.2, 0.25) is 0 Å². The molecule has 2 heterocycles. The highest BCUT2D eigenvalue weighted by molar-refractivity contribution is 6.00. The number of aromatic nitrogens is 3. The third kappa shape index (κ3) is 3.83. The minimum Gasteiger partial charge on any atom is -0.353 e. The number of anilines is 1. The fourth-order valence-corrected chi connectivity index (χ4v) is 4.59. The summed E-state index contributed by atoms with van der Waals surface area (Å²) in [5, 5.41) is 14.5. The highest BCUT2D eigenvalue weighted by Gasteiger charge is 2.29. The predicted molar refractivity (Wildman–Crippen MR) is 118 cm³/mol. The van der Waals surface area contributed by atoms with Crippen molar-refractivity contribution in [1.29, 1.82) is 0 Å². The molecule has 1 aromatic heterocycles. The molecule has 0 bridgehead atoms. The molecule has 7 nitrogen and oxygen atoms in total. The Morgan fingerprint density at radius 1 is 1.13 bits per heavy atom. The summed E-state index contributed by atoms with van der Waals surface area (Å²) in [6, 6.07) is 14.9. The van der Waals surface area contributed by atoms with Crippen molar-refractivity contribution in [2.24, 2.45) is 0 Å². The van der Waals surface area contributed by atoms with Gasteiger partial charge in [0.25, 0.3) is 0 Å². The van der Waals surface area contributed by atoms with Crippen molar-refractivity contribution in [2.45, 2.75) is 51.1 Å². The van der Waals surface area contributed by atoms with Crippen LogP contribution in [0.15, 0.2) is 48.7 Å². The Bertz CT molecular complexity index is 1140. The second kappa shape index (κ2) is 7.98. The van der Waals surface area contributed by atoms with Gasteiger partial charge in [-0.15, -0.1) is 5.10 Å². The first-order valence-electron chi connectivity index (χ1n) is 10.8. The molecule has 0 unspecified atom stereocenters. The van der Waals surface area contributed by atoms with Crippen molar-refractivity contribution in [3.05, 3.63) is 54.2 Å². The number of fused-ring (bicyclic) bond motifs is 1. The van der Waals surface area contributed by atoms with Crippen LogP contribution in [0.1, 0.15) is 44.2 Å². The molecular weight excluding hydrogens is 390 g/mol. The molecular formula is C24H25N5O2. The number of carbonyl (C=O) groups excluding carboxylic acids is 2. The Kier molecular flexibility index (Phi) is 5.02. The number of hydrogen-bond donors (Lipinski definition) is 2. The van der Waals surface area contributed by atoms with Gasteiger partial charge in [-0.1, -0.05) is 48.5 Å². The number of rotatable bonds is 5. The van der Waals surface area contributed by atoms with E-state index < -0.39 is 0 Å². The van der Waals surface area contributed by atoms with E-state index in [0.29, 0.717) is 12.8 Å². The highest BCUT2D eigenvalue weighted by Crippen LogP contribution is 2.34. The third-order valence-electron chi connectivity index (χ3n) is 6.26. The van der Waals surface area contributed by atoms with Gasteiger partial charge in [-0.2, -0.15) is 0 Å². The summed E-state index contributed by atoms with van der Waals surface area (Å²) in [6.07, 6.45) is 5.58. The molecule has 1 aliphatic heterocycles. The summed E-state index contributed by atoms with van der Waals surface area (Å²) < 4.78 is 2.00. The van der Waals surface area contributed by atoms with Gasteiger partial charge in [-0.25, -0.2) is 4.68 Å². The van der Waals surface area contributed by atoms with Crippen LogP contribution in [0.3, 0.4) is 0 Å². The molecule has 1 saturated carbocycles. The molecule has 2 N–H and O–H groups in total. The number of carbonyl (C=O) groups is 2. The Hall–Kier alpha value is -3.48. The largest absolute Gasteiger partial charge is 0.353 e. The van der Waals surface area contributed by atoms with Crippen molar-refractivity contribution < 1.29 is 9.59 Å². The van der Waals surface area contributed by atoms with Gasteiger partial charge < -0.3 is 10.6 Å². The number of hydrogen-bond acceptors (Lipinski definition) is 4. The van der Waals surface area contributed by atoms with Gasteiger partial charge in [0, 0.05) is 23.7 Å². The molecule has 2 amide bonds. The van der Waals surface area contributed by atoms with E-state index in [-0.39, 0.29) is 23.9 Å². The van der Waals surface area contributed by atoms with Crippen LogP contribution in [0.25, 0.3) is 22.4 Å². The van der Waals surface area contributed by atoms with Gasteiger partial charge in [0.05, 0.1) is 24.4 Å². The lowest BCUT2D eigenvalue weighted by Gasteiger charge is -2.15. The van der Waals surface area contributed by atoms with Crippen LogP contribution in [0.4, 0.5) is 5.69 Å². The van der Waals surface area contributed by atoms with E-state index in [9.17, 15) is 9.59 Å². The summed E-state index contributed by atoms with van der Waals surface area (Å²) in [6.45, 7) is 1.87. The predicted octanol–water partition coefficient (Wildman–Crippen LogP) is 3.73. The molecule has 1 fully saturated rings. The van der Waals surface area contributed by atoms with Crippen LogP contribution < -0.4 is 10.6 Å². The van der Waals surface area contributed by atoms with Crippen LogP contribution in [0.5, 0.6) is 0 Å². The van der Waals surface area contributed by atoms with Crippen LogP contribution in [-0.2, 0) is 16.0 Å². The van der Waals surface area contributed by atoms with Crippen LogP contribution in [0, 0.1) is 0 Å². The van der Waals surface area contributed by atoms with Crippen LogP contribution >= 0.6 is 0 Å². The molecule has 7 heteroatoms. The first-order chi connectivity index (χ1) is 15.1. The van der Waals surface area contributed by atoms with Gasteiger partial charge >= 0.3 is 0 Å². The molecule has 31 heavy (non-hydrogen) atoms. The van der Waals surface area contributed by atoms with Crippen molar-refractivity contribution in [2.75, 3.05) is 5.32 Å². The van der Waals surface area contributed by atoms with E-state index in [4.69, 9.17) is 0 Å². The number of amides is 2. The average molecular weight is 415 g/mol. The van der Waals surface area contributed by atoms with Crippen LogP contribution in [-0.4, -0.2) is 32.9 Å². The lowest BCUT2D eigenvalue weighted by Crippen LogP contribution is -2.32. The summed E-state index contributed by atoms with van der Waals surface area (Å²) in [5.74, 6) is 0.151. The second-order valence-electron chi connectivity index (χ2n) is 8.32. The first-order valence-corrected chi connectivity index (χ1v) is 10.8. The Balaban J connectivity index is 1.34. The monoisotopic (exact) mass is 415 g/mol. The molecule has 2 aliphatic rings. The van der Waals surface area contributed by atoms with E-state index in [1.54, 1.807) is 6.20 Å². The quantitative estimate of drug-likeness (QED) is 0.665. The summed E-state index contributed by atoms with van der Waals surface area (Å²) in [7, 11) is 0. The number of nitrogens with one attached hydrogen (secondary N) is 2. The standard InChI is InChI=1S/C24H25N5O2/c1-2-23(30)26-19-9-10-20(13-19)29-22(14-25-28-29)16-5-3-15(4-6-16)17-7-8-18-12-24(31)27-21(18)11-17/h3-8,11,14,19-20H,2,9-10,12-13H2,1H3,(H,26,30)(H,27,31)/t19-,20+/m0/s1. The Morgan fingerprint density at radius 3 is 2.71 bits per heavy atom. The zero-order valence-corrected chi connectivity index (χ0v) is 17.5. The van der Waals surface area contributed by atoms with E-state index in [1.807, 2.05) is 23.7 Å². The van der Waals surface area contributed by atoms with Gasteiger partial charge in [-0.3, -0.25) is 9.59 Å². The normalized spacial score (nSPS) is 19.8. The maximum absolute atomic E-state index is 11.7. The van der Waals surface area contributed by atoms with Gasteiger partial charge in [-0.05, 0) is 42.0 Å². The molecule has 0 radical (unpaired) electrons. The minimum absolute atomic E-state index is 0.0478. The first kappa shape index (κ1) is 19.5. The lowest BCUT2D eigenvalue weighted by molar-refractivity contribution is -0.121. The van der Waals surface area contributed by atoms with E-state index in [2.05, 4.69) is 51.3 Å². The molecule has 1 aliphatic carbocycles. The fraction of sp³-hybridized carbons (Fsp3) is 0.333. The Morgan fingerprint density at radius 2 is 1.90 bits per heavy atom. The molecule has 158 valence electrons. The Labute approximate surface area is 180 Å². The lowest BCUT2D eigenvalue weighted by atomic mass is 10.0. The highest BCUT2D eigenvalue weighted by atomic mass is 16.2. The zero-order valence-electron chi connectivity index (χ0n) is 17.5. The second-order valence-corrected chi connectivity index (χ2v) is 8.32. The van der Waals surface area contributed by atoms with Crippen molar-refractivity contribution in [3.8, 4) is 22.4 Å². The number of benzene rings is 2. The van der Waals surface area contributed by atoms with Gasteiger partial charge in [0.2, 0.25) is 11.8 Å². The summed E-state index contributed by atoms with van der Waals surface area (Å²) in [4.78, 5) is 23.3. The van der Waals surface area contributed by atoms with E-state index >= 15 is 0 Å². The molecule has 0 saturated heterocycles. The molecule has 2 atom stereocenters. The minimum atomic E-state index is 0.0478. The summed E-state index contributed by atoms with van der Waals surface area (Å²) in [5.41, 5.74) is 6.16. The van der Waals surface area contributed by atoms with E-state index in [0.717, 1.165) is 52.9 Å². The van der Waals surface area contributed by atoms with Gasteiger partial charge in [0.15, 0.2) is 0 Å². The maximum Gasteiger partial charge on any atom is 0.228 e. The smallest absolute Gasteiger partial charge is 0.228 e. The fourth-order valence-electron chi connectivity index (χ4n) is 4.59.